The van der Waals surface area contributed by atoms with Gasteiger partial charge in [-0.15, -0.1) is 6.58 Å². The van der Waals surface area contributed by atoms with Crippen molar-refractivity contribution in [2.75, 3.05) is 6.61 Å². The Labute approximate surface area is 268 Å². The Morgan fingerprint density at radius 3 is 1.40 bits per heavy atom. The summed E-state index contributed by atoms with van der Waals surface area (Å²) in [6.07, 6.45) is 28.3. The Morgan fingerprint density at radius 2 is 1.03 bits per heavy atom. The second kappa shape index (κ2) is 30.2. The Balaban J connectivity index is -0.00000364. The molecule has 0 spiro atoms. The zero-order valence-corrected chi connectivity index (χ0v) is 17.3. The van der Waals surface area contributed by atoms with Crippen LogP contribution < -0.4 is 0 Å². The van der Waals surface area contributed by atoms with Gasteiger partial charge in [-0.3, -0.25) is 9.59 Å². The Bertz CT molecular complexity index is 499. The first-order valence-corrected chi connectivity index (χ1v) is 10.6. The van der Waals surface area contributed by atoms with Gasteiger partial charge in [0.15, 0.2) is 0 Å². The van der Waals surface area contributed by atoms with Crippen molar-refractivity contribution in [1.29, 1.82) is 0 Å². The third kappa shape index (κ3) is 31.4. The number of allylic oxidation sites excluding steroid dienone is 6. The van der Waals surface area contributed by atoms with Gasteiger partial charge in [0, 0.05) is 0 Å². The van der Waals surface area contributed by atoms with Crippen LogP contribution in [0.4, 0.5) is 0 Å². The van der Waals surface area contributed by atoms with E-state index in [4.69, 9.17) is 9.84 Å². The molecule has 0 aliphatic carbocycles. The molecule has 0 aromatic rings. The first kappa shape index (κ1) is 35.8. The zero-order valence-electron chi connectivity index (χ0n) is 17.3. The summed E-state index contributed by atoms with van der Waals surface area (Å²) in [7, 11) is 0. The van der Waals surface area contributed by atoms with Crippen LogP contribution >= 0.6 is 0 Å². The van der Waals surface area contributed by atoms with E-state index in [1.54, 1.807) is 6.08 Å². The Morgan fingerprint density at radius 1 is 0.667 bits per heavy atom. The maximum atomic E-state index is 11.0. The minimum absolute atomic E-state index is 0. The molecule has 0 saturated heterocycles. The fourth-order valence-electron chi connectivity index (χ4n) is 2.57. The van der Waals surface area contributed by atoms with Crippen molar-refractivity contribution in [3.63, 3.8) is 0 Å². The van der Waals surface area contributed by atoms with E-state index in [-0.39, 0.29) is 109 Å². The quantitative estimate of drug-likeness (QED) is 0.0921. The number of hydrogen-bond acceptors (Lipinski definition) is 3. The standard InChI is InChI=1S/C24H38O4.2K.2H/c1-2-3-4-5-6-7-8-9-10-11-12-13-14-15-16-17-18-19-20-21-28-24(27)22-23(25)26;;;;/h2,7-8,13-14,19-20H,1,3-6,9-12,15-18,21-22H2,(H,25,26);;;;. The molecule has 0 heterocycles. The van der Waals surface area contributed by atoms with Crippen LogP contribution in [0.25, 0.3) is 0 Å². The van der Waals surface area contributed by atoms with E-state index in [9.17, 15) is 9.59 Å². The van der Waals surface area contributed by atoms with Crippen LogP contribution in [0.2, 0.25) is 0 Å². The van der Waals surface area contributed by atoms with E-state index in [2.05, 4.69) is 30.9 Å². The predicted molar refractivity (Wildman–Crippen MR) is 131 cm³/mol. The molecule has 162 valence electrons. The molecule has 0 atom stereocenters. The fourth-order valence-corrected chi connectivity index (χ4v) is 2.57. The summed E-state index contributed by atoms with van der Waals surface area (Å²) in [4.78, 5) is 21.3. The number of rotatable bonds is 19. The molecule has 0 aromatic heterocycles. The van der Waals surface area contributed by atoms with Crippen LogP contribution in [-0.4, -0.2) is 126 Å². The number of carboxylic acid groups (broad SMARTS) is 1. The molecule has 4 nitrogen and oxygen atoms in total. The third-order valence-corrected chi connectivity index (χ3v) is 4.15. The van der Waals surface area contributed by atoms with Gasteiger partial charge in [-0.1, -0.05) is 42.5 Å². The first-order chi connectivity index (χ1) is 13.7. The molecule has 0 radical (unpaired) electrons. The number of esters is 1. The van der Waals surface area contributed by atoms with E-state index in [0.717, 1.165) is 38.5 Å². The van der Waals surface area contributed by atoms with Gasteiger partial charge in [-0.2, -0.15) is 0 Å². The molecular weight excluding hydrogens is 430 g/mol. The van der Waals surface area contributed by atoms with Crippen LogP contribution in [0.5, 0.6) is 0 Å². The van der Waals surface area contributed by atoms with E-state index in [1.807, 2.05) is 12.2 Å². The number of hydrogen-bond donors (Lipinski definition) is 1. The summed E-state index contributed by atoms with van der Waals surface area (Å²) < 4.78 is 4.76. The maximum absolute atomic E-state index is 11.0. The molecule has 0 aliphatic heterocycles. The second-order valence-electron chi connectivity index (χ2n) is 6.81. The van der Waals surface area contributed by atoms with Gasteiger partial charge in [0.25, 0.3) is 0 Å². The van der Waals surface area contributed by atoms with Crippen molar-refractivity contribution in [2.45, 2.75) is 83.5 Å². The van der Waals surface area contributed by atoms with Crippen molar-refractivity contribution in [2.24, 2.45) is 0 Å². The van der Waals surface area contributed by atoms with Gasteiger partial charge in [-0.25, -0.2) is 0 Å². The molecule has 1 N–H and O–H groups in total. The topological polar surface area (TPSA) is 63.6 Å². The Kier molecular flexibility index (Phi) is 36.0. The summed E-state index contributed by atoms with van der Waals surface area (Å²) in [5.41, 5.74) is 0. The van der Waals surface area contributed by atoms with Crippen molar-refractivity contribution < 1.29 is 19.4 Å². The van der Waals surface area contributed by atoms with Gasteiger partial charge >= 0.3 is 115 Å². The SMILES string of the molecule is C=CCCCCC=CCCCCC=CCCCCC=CCOC(=O)CC(=O)O.[KH].[KH]. The molecule has 0 bridgehead atoms. The number of ether oxygens (including phenoxy) is 1. The van der Waals surface area contributed by atoms with E-state index < -0.39 is 18.4 Å². The molecule has 0 fully saturated rings. The van der Waals surface area contributed by atoms with Crippen LogP contribution in [0.15, 0.2) is 49.1 Å². The molecule has 0 aliphatic rings. The van der Waals surface area contributed by atoms with Gasteiger partial charge < -0.3 is 9.84 Å². The Hall–Kier alpha value is 1.17. The average Bonchev–Trinajstić information content (AvgIpc) is 2.66. The molecular formula is C24H40K2O4. The summed E-state index contributed by atoms with van der Waals surface area (Å²) in [5.74, 6) is -1.86. The van der Waals surface area contributed by atoms with E-state index in [0.29, 0.717) is 0 Å². The van der Waals surface area contributed by atoms with Crippen LogP contribution in [-0.2, 0) is 14.3 Å². The van der Waals surface area contributed by atoms with Crippen LogP contribution in [0.1, 0.15) is 83.5 Å². The third-order valence-electron chi connectivity index (χ3n) is 4.15. The molecule has 0 rings (SSSR count). The minimum atomic E-state index is -1.16. The van der Waals surface area contributed by atoms with E-state index >= 15 is 0 Å². The van der Waals surface area contributed by atoms with E-state index in [1.165, 1.54) is 38.5 Å². The second-order valence-corrected chi connectivity index (χ2v) is 6.81. The van der Waals surface area contributed by atoms with Gasteiger partial charge in [-0.05, 0) is 77.0 Å². The zero-order chi connectivity index (χ0) is 20.7. The first-order valence-electron chi connectivity index (χ1n) is 10.6. The number of carboxylic acids is 1. The summed E-state index contributed by atoms with van der Waals surface area (Å²) in [6.45, 7) is 3.88. The monoisotopic (exact) mass is 470 g/mol. The predicted octanol–water partition coefficient (Wildman–Crippen LogP) is 5.24. The number of aliphatic carboxylic acids is 1. The average molecular weight is 471 g/mol. The number of unbranched alkanes of at least 4 members (excludes halogenated alkanes) is 9. The van der Waals surface area contributed by atoms with Crippen LogP contribution in [0, 0.1) is 0 Å². The number of carbonyl (C=O) groups excluding carboxylic acids is 1. The molecule has 6 heteroatoms. The van der Waals surface area contributed by atoms with Gasteiger partial charge in [0.05, 0.1) is 0 Å². The summed E-state index contributed by atoms with van der Waals surface area (Å²) >= 11 is 0. The van der Waals surface area contributed by atoms with Crippen LogP contribution in [0.3, 0.4) is 0 Å². The van der Waals surface area contributed by atoms with Gasteiger partial charge in [0.1, 0.15) is 13.0 Å². The van der Waals surface area contributed by atoms with Crippen molar-refractivity contribution in [3.8, 4) is 0 Å². The molecule has 0 aromatic carbocycles. The normalized spacial score (nSPS) is 10.8. The number of carbonyl (C=O) groups is 2. The molecule has 0 saturated carbocycles. The summed E-state index contributed by atoms with van der Waals surface area (Å²) in [6, 6.07) is 0. The molecule has 0 unspecified atom stereocenters. The molecule has 30 heavy (non-hydrogen) atoms. The van der Waals surface area contributed by atoms with Crippen molar-refractivity contribution >= 4 is 115 Å². The van der Waals surface area contributed by atoms with Crippen molar-refractivity contribution in [3.05, 3.63) is 49.1 Å². The summed E-state index contributed by atoms with van der Waals surface area (Å²) in [5, 5.41) is 8.42. The van der Waals surface area contributed by atoms with Gasteiger partial charge in [0.2, 0.25) is 0 Å². The van der Waals surface area contributed by atoms with Crippen molar-refractivity contribution in [1.82, 2.24) is 0 Å². The fraction of sp³-hybridized carbons (Fsp3) is 0.583. The molecule has 0 amide bonds.